The Morgan fingerprint density at radius 3 is 2.44 bits per heavy atom. The van der Waals surface area contributed by atoms with Gasteiger partial charge in [-0.2, -0.15) is 0 Å². The lowest BCUT2D eigenvalue weighted by Crippen LogP contribution is -2.13. The van der Waals surface area contributed by atoms with Gasteiger partial charge in [0.25, 0.3) is 0 Å². The molecule has 0 saturated carbocycles. The third kappa shape index (κ3) is 3.39. The molecule has 0 aliphatic carbocycles. The van der Waals surface area contributed by atoms with Gasteiger partial charge in [-0.3, -0.25) is 0 Å². The fourth-order valence-electron chi connectivity index (χ4n) is 1.48. The summed E-state index contributed by atoms with van der Waals surface area (Å²) in [5.74, 6) is 1.16. The molecule has 3 heteroatoms. The van der Waals surface area contributed by atoms with Crippen LogP contribution < -0.4 is 4.74 Å². The van der Waals surface area contributed by atoms with Gasteiger partial charge >= 0.3 is 0 Å². The molecule has 16 heavy (non-hydrogen) atoms. The van der Waals surface area contributed by atoms with Gasteiger partial charge in [-0.05, 0) is 43.0 Å². The van der Waals surface area contributed by atoms with E-state index < -0.39 is 6.10 Å². The van der Waals surface area contributed by atoms with Crippen molar-refractivity contribution < 1.29 is 9.84 Å². The molecule has 2 nitrogen and oxygen atoms in total. The zero-order valence-electron chi connectivity index (χ0n) is 10.2. The monoisotopic (exact) mass is 242 g/mol. The van der Waals surface area contributed by atoms with Gasteiger partial charge in [-0.15, -0.1) is 0 Å². The summed E-state index contributed by atoms with van der Waals surface area (Å²) in [5, 5.41) is 9.96. The largest absolute Gasteiger partial charge is 0.491 e. The first-order chi connectivity index (χ1) is 7.41. The van der Waals surface area contributed by atoms with E-state index in [1.807, 2.05) is 19.1 Å². The molecule has 0 spiro atoms. The predicted molar refractivity (Wildman–Crippen MR) is 67.5 cm³/mol. The maximum Gasteiger partial charge on any atom is 0.122 e. The smallest absolute Gasteiger partial charge is 0.122 e. The van der Waals surface area contributed by atoms with Crippen molar-refractivity contribution in [3.63, 3.8) is 0 Å². The van der Waals surface area contributed by atoms with Crippen molar-refractivity contribution in [2.45, 2.75) is 39.7 Å². The van der Waals surface area contributed by atoms with Crippen LogP contribution in [0.1, 0.15) is 37.8 Å². The zero-order chi connectivity index (χ0) is 12.3. The average Bonchev–Trinajstić information content (AvgIpc) is 2.15. The normalized spacial score (nSPS) is 12.9. The fourth-order valence-corrected chi connectivity index (χ4v) is 1.91. The molecule has 0 saturated heterocycles. The van der Waals surface area contributed by atoms with Crippen LogP contribution in [0.4, 0.5) is 0 Å². The third-order valence-corrected chi connectivity index (χ3v) is 2.72. The van der Waals surface area contributed by atoms with Crippen LogP contribution in [0.25, 0.3) is 0 Å². The maximum atomic E-state index is 9.19. The standard InChI is InChI=1S/C13H19ClO2/c1-8(2)11-6-13(16-7-10(4)15)9(3)5-12(11)14/h5-6,8,10,15H,7H2,1-4H3/t10-/m0/s1. The number of aliphatic hydroxyl groups excluding tert-OH is 1. The van der Waals surface area contributed by atoms with Crippen molar-refractivity contribution in [1.82, 2.24) is 0 Å². The van der Waals surface area contributed by atoms with Gasteiger partial charge < -0.3 is 9.84 Å². The molecule has 0 heterocycles. The molecule has 0 amide bonds. The van der Waals surface area contributed by atoms with E-state index >= 15 is 0 Å². The summed E-state index contributed by atoms with van der Waals surface area (Å²) >= 11 is 6.15. The lowest BCUT2D eigenvalue weighted by atomic mass is 10.0. The third-order valence-electron chi connectivity index (χ3n) is 2.40. The van der Waals surface area contributed by atoms with Crippen LogP contribution in [0, 0.1) is 6.92 Å². The Hall–Kier alpha value is -0.730. The number of benzene rings is 1. The van der Waals surface area contributed by atoms with Gasteiger partial charge in [0.2, 0.25) is 0 Å². The molecule has 1 N–H and O–H groups in total. The van der Waals surface area contributed by atoms with Crippen LogP contribution in [0.3, 0.4) is 0 Å². The number of aliphatic hydroxyl groups is 1. The highest BCUT2D eigenvalue weighted by molar-refractivity contribution is 6.31. The number of rotatable bonds is 4. The molecule has 90 valence electrons. The average molecular weight is 243 g/mol. The van der Waals surface area contributed by atoms with Gasteiger partial charge in [-0.1, -0.05) is 25.4 Å². The maximum absolute atomic E-state index is 9.19. The molecule has 0 radical (unpaired) electrons. The highest BCUT2D eigenvalue weighted by Crippen LogP contribution is 2.31. The summed E-state index contributed by atoms with van der Waals surface area (Å²) in [6.07, 6.45) is -0.461. The lowest BCUT2D eigenvalue weighted by Gasteiger charge is -2.15. The van der Waals surface area contributed by atoms with Crippen LogP contribution in [-0.4, -0.2) is 17.8 Å². The van der Waals surface area contributed by atoms with Crippen molar-refractivity contribution in [2.24, 2.45) is 0 Å². The zero-order valence-corrected chi connectivity index (χ0v) is 11.0. The number of aryl methyl sites for hydroxylation is 1. The van der Waals surface area contributed by atoms with E-state index in [2.05, 4.69) is 13.8 Å². The minimum absolute atomic E-state index is 0.306. The first-order valence-corrected chi connectivity index (χ1v) is 5.90. The van der Waals surface area contributed by atoms with Crippen LogP contribution in [0.2, 0.25) is 5.02 Å². The van der Waals surface area contributed by atoms with E-state index in [9.17, 15) is 5.11 Å². The van der Waals surface area contributed by atoms with Crippen molar-refractivity contribution in [3.05, 3.63) is 28.3 Å². The molecule has 0 aliphatic heterocycles. The Balaban J connectivity index is 2.96. The Labute approximate surface area is 102 Å². The molecule has 1 atom stereocenters. The summed E-state index contributed by atoms with van der Waals surface area (Å²) < 4.78 is 5.54. The molecular weight excluding hydrogens is 224 g/mol. The van der Waals surface area contributed by atoms with Crippen LogP contribution in [0.5, 0.6) is 5.75 Å². The van der Waals surface area contributed by atoms with Crippen LogP contribution >= 0.6 is 11.6 Å². The summed E-state index contributed by atoms with van der Waals surface area (Å²) in [5.41, 5.74) is 2.07. The van der Waals surface area contributed by atoms with Crippen LogP contribution in [-0.2, 0) is 0 Å². The Kier molecular flexibility index (Phi) is 4.63. The summed E-state index contributed by atoms with van der Waals surface area (Å²) in [6.45, 7) is 8.14. The van der Waals surface area contributed by atoms with Crippen molar-refractivity contribution in [3.8, 4) is 5.75 Å². The van der Waals surface area contributed by atoms with E-state index in [1.54, 1.807) is 6.92 Å². The molecule has 0 bridgehead atoms. The predicted octanol–water partition coefficient (Wildman–Crippen LogP) is 3.53. The van der Waals surface area contributed by atoms with Crippen molar-refractivity contribution in [2.75, 3.05) is 6.61 Å². The summed E-state index contributed by atoms with van der Waals surface area (Å²) in [7, 11) is 0. The SMILES string of the molecule is Cc1cc(Cl)c(C(C)C)cc1OC[C@H](C)O. The lowest BCUT2D eigenvalue weighted by molar-refractivity contribution is 0.122. The molecule has 0 aliphatic rings. The van der Waals surface area contributed by atoms with Gasteiger partial charge in [-0.25, -0.2) is 0 Å². The van der Waals surface area contributed by atoms with E-state index in [-0.39, 0.29) is 0 Å². The highest BCUT2D eigenvalue weighted by Gasteiger charge is 2.10. The highest BCUT2D eigenvalue weighted by atomic mass is 35.5. The van der Waals surface area contributed by atoms with E-state index in [1.165, 1.54) is 0 Å². The number of hydrogen-bond donors (Lipinski definition) is 1. The minimum atomic E-state index is -0.461. The number of halogens is 1. The quantitative estimate of drug-likeness (QED) is 0.875. The molecule has 0 unspecified atom stereocenters. The number of hydrogen-bond acceptors (Lipinski definition) is 2. The molecule has 1 rings (SSSR count). The number of ether oxygens (including phenoxy) is 1. The van der Waals surface area contributed by atoms with Crippen LogP contribution in [0.15, 0.2) is 12.1 Å². The topological polar surface area (TPSA) is 29.5 Å². The van der Waals surface area contributed by atoms with E-state index in [0.717, 1.165) is 21.9 Å². The van der Waals surface area contributed by atoms with Crippen molar-refractivity contribution in [1.29, 1.82) is 0 Å². The summed E-state index contributed by atoms with van der Waals surface area (Å²) in [4.78, 5) is 0. The first kappa shape index (κ1) is 13.3. The second-order valence-electron chi connectivity index (χ2n) is 4.45. The first-order valence-electron chi connectivity index (χ1n) is 5.52. The van der Waals surface area contributed by atoms with Gasteiger partial charge in [0.15, 0.2) is 0 Å². The second kappa shape index (κ2) is 5.55. The Bertz CT molecular complexity index is 359. The summed E-state index contributed by atoms with van der Waals surface area (Å²) in [6, 6.07) is 3.87. The van der Waals surface area contributed by atoms with Crippen molar-refractivity contribution >= 4 is 11.6 Å². The fraction of sp³-hybridized carbons (Fsp3) is 0.538. The minimum Gasteiger partial charge on any atom is -0.491 e. The molecule has 0 aromatic heterocycles. The Morgan fingerprint density at radius 2 is 1.94 bits per heavy atom. The van der Waals surface area contributed by atoms with E-state index in [4.69, 9.17) is 16.3 Å². The Morgan fingerprint density at radius 1 is 1.31 bits per heavy atom. The molecular formula is C13H19ClO2. The molecule has 0 fully saturated rings. The van der Waals surface area contributed by atoms with Gasteiger partial charge in [0, 0.05) is 5.02 Å². The van der Waals surface area contributed by atoms with Gasteiger partial charge in [0.05, 0.1) is 6.10 Å². The second-order valence-corrected chi connectivity index (χ2v) is 4.86. The van der Waals surface area contributed by atoms with Gasteiger partial charge in [0.1, 0.15) is 12.4 Å². The van der Waals surface area contributed by atoms with E-state index in [0.29, 0.717) is 12.5 Å². The molecule has 1 aromatic rings. The molecule has 1 aromatic carbocycles.